The third kappa shape index (κ3) is 2.97. The fourth-order valence-electron chi connectivity index (χ4n) is 1.88. The normalized spacial score (nSPS) is 11.9. The molecule has 1 N–H and O–H groups in total. The van der Waals surface area contributed by atoms with Gasteiger partial charge in [-0.05, 0) is 41.2 Å². The smallest absolute Gasteiger partial charge is 0.340 e. The first-order valence-corrected chi connectivity index (χ1v) is 7.52. The number of aromatic nitrogens is 2. The van der Waals surface area contributed by atoms with Gasteiger partial charge in [-0.25, -0.2) is 4.98 Å². The summed E-state index contributed by atoms with van der Waals surface area (Å²) in [4.78, 5) is 8.71. The minimum atomic E-state index is -4.53. The van der Waals surface area contributed by atoms with Gasteiger partial charge < -0.3 is 5.32 Å². The van der Waals surface area contributed by atoms with Crippen LogP contribution >= 0.6 is 34.5 Å². The zero-order valence-corrected chi connectivity index (χ0v) is 12.9. The number of anilines is 2. The van der Waals surface area contributed by atoms with Gasteiger partial charge in [0.15, 0.2) is 0 Å². The molecule has 1 aromatic carbocycles. The molecule has 0 saturated carbocycles. The van der Waals surface area contributed by atoms with Crippen molar-refractivity contribution in [2.75, 3.05) is 5.32 Å². The Labute approximate surface area is 136 Å². The second kappa shape index (κ2) is 5.57. The molecule has 114 valence electrons. The number of nitrogens with one attached hydrogen (secondary N) is 1. The summed E-state index contributed by atoms with van der Waals surface area (Å²) in [6.45, 7) is 0. The molecule has 3 nitrogen and oxygen atoms in total. The molecule has 0 aliphatic rings. The molecule has 0 unspecified atom stereocenters. The van der Waals surface area contributed by atoms with Crippen molar-refractivity contribution >= 4 is 56.3 Å². The fraction of sp³-hybridized carbons (Fsp3) is 0.0769. The molecule has 3 aromatic rings. The predicted molar refractivity (Wildman–Crippen MR) is 82.2 cm³/mol. The van der Waals surface area contributed by atoms with Crippen molar-refractivity contribution in [2.24, 2.45) is 0 Å². The average molecular weight is 364 g/mol. The number of hydrogen-bond donors (Lipinski definition) is 1. The first-order chi connectivity index (χ1) is 10.3. The summed E-state index contributed by atoms with van der Waals surface area (Å²) in [7, 11) is 0. The Balaban J connectivity index is 2.04. The number of alkyl halides is 3. The first kappa shape index (κ1) is 15.3. The molecule has 0 fully saturated rings. The van der Waals surface area contributed by atoms with Crippen LogP contribution in [0.1, 0.15) is 5.56 Å². The highest BCUT2D eigenvalue weighted by Gasteiger charge is 2.33. The third-order valence-electron chi connectivity index (χ3n) is 2.83. The van der Waals surface area contributed by atoms with Crippen LogP contribution in [0.15, 0.2) is 29.6 Å². The monoisotopic (exact) mass is 363 g/mol. The molecule has 22 heavy (non-hydrogen) atoms. The third-order valence-corrected chi connectivity index (χ3v) is 4.14. The van der Waals surface area contributed by atoms with Gasteiger partial charge in [0.2, 0.25) is 5.28 Å². The number of rotatable bonds is 2. The molecule has 2 aromatic heterocycles. The lowest BCUT2D eigenvalue weighted by molar-refractivity contribution is -0.137. The summed E-state index contributed by atoms with van der Waals surface area (Å²) in [6, 6.07) is 5.31. The SMILES string of the molecule is FC(F)(F)c1cc(Nc2nc(Cl)nc3sccc23)ccc1Cl. The number of thiophene rings is 1. The maximum atomic E-state index is 12.9. The van der Waals surface area contributed by atoms with Gasteiger partial charge in [0.1, 0.15) is 10.6 Å². The molecule has 0 bridgehead atoms. The standard InChI is InChI=1S/C13H6Cl2F3N3S/c14-9-2-1-6(5-8(9)13(16,17)18)19-10-7-3-4-22-11(7)21-12(15)20-10/h1-5H,(H,19,20,21). The molecule has 0 amide bonds. The van der Waals surface area contributed by atoms with Gasteiger partial charge >= 0.3 is 6.18 Å². The number of nitrogens with zero attached hydrogens (tertiary/aromatic N) is 2. The molecule has 0 spiro atoms. The van der Waals surface area contributed by atoms with Crippen LogP contribution in [0.5, 0.6) is 0 Å². The van der Waals surface area contributed by atoms with Crippen LogP contribution in [0.3, 0.4) is 0 Å². The number of hydrogen-bond acceptors (Lipinski definition) is 4. The van der Waals surface area contributed by atoms with E-state index in [4.69, 9.17) is 23.2 Å². The van der Waals surface area contributed by atoms with E-state index in [0.29, 0.717) is 16.0 Å². The summed E-state index contributed by atoms with van der Waals surface area (Å²) in [6.07, 6.45) is -4.53. The van der Waals surface area contributed by atoms with Gasteiger partial charge in [0.25, 0.3) is 0 Å². The van der Waals surface area contributed by atoms with Gasteiger partial charge in [-0.2, -0.15) is 18.2 Å². The Morgan fingerprint density at radius 1 is 1.09 bits per heavy atom. The first-order valence-electron chi connectivity index (χ1n) is 5.89. The van der Waals surface area contributed by atoms with E-state index in [0.717, 1.165) is 6.07 Å². The van der Waals surface area contributed by atoms with E-state index in [2.05, 4.69) is 15.3 Å². The van der Waals surface area contributed by atoms with Gasteiger partial charge in [0, 0.05) is 5.69 Å². The largest absolute Gasteiger partial charge is 0.417 e. The van der Waals surface area contributed by atoms with Crippen molar-refractivity contribution in [1.29, 1.82) is 0 Å². The second-order valence-electron chi connectivity index (χ2n) is 4.30. The zero-order valence-electron chi connectivity index (χ0n) is 10.6. The van der Waals surface area contributed by atoms with E-state index in [9.17, 15) is 13.2 Å². The van der Waals surface area contributed by atoms with Gasteiger partial charge in [-0.15, -0.1) is 11.3 Å². The molecule has 0 saturated heterocycles. The molecule has 0 aliphatic heterocycles. The lowest BCUT2D eigenvalue weighted by Crippen LogP contribution is -2.06. The van der Waals surface area contributed by atoms with Gasteiger partial charge in [0.05, 0.1) is 16.0 Å². The van der Waals surface area contributed by atoms with Crippen LogP contribution in [-0.4, -0.2) is 9.97 Å². The molecule has 2 heterocycles. The molecular formula is C13H6Cl2F3N3S. The van der Waals surface area contributed by atoms with Crippen LogP contribution in [0.2, 0.25) is 10.3 Å². The van der Waals surface area contributed by atoms with Crippen LogP contribution in [0, 0.1) is 0 Å². The quantitative estimate of drug-likeness (QED) is 0.588. The summed E-state index contributed by atoms with van der Waals surface area (Å²) >= 11 is 12.8. The predicted octanol–water partition coefficient (Wildman–Crippen LogP) is 5.76. The van der Waals surface area contributed by atoms with Crippen LogP contribution in [0.4, 0.5) is 24.7 Å². The highest BCUT2D eigenvalue weighted by atomic mass is 35.5. The molecule has 0 atom stereocenters. The van der Waals surface area contributed by atoms with E-state index in [1.807, 2.05) is 0 Å². The molecule has 9 heteroatoms. The second-order valence-corrected chi connectivity index (χ2v) is 5.94. The minimum absolute atomic E-state index is 0.0162. The van der Waals surface area contributed by atoms with Gasteiger partial charge in [-0.1, -0.05) is 11.6 Å². The van der Waals surface area contributed by atoms with Crippen LogP contribution in [-0.2, 0) is 6.18 Å². The van der Waals surface area contributed by atoms with Crippen LogP contribution < -0.4 is 5.32 Å². The van der Waals surface area contributed by atoms with Crippen molar-refractivity contribution in [3.8, 4) is 0 Å². The van der Waals surface area contributed by atoms with E-state index < -0.39 is 11.7 Å². The highest BCUT2D eigenvalue weighted by Crippen LogP contribution is 2.37. The maximum Gasteiger partial charge on any atom is 0.417 e. The number of benzene rings is 1. The molecular weight excluding hydrogens is 358 g/mol. The summed E-state index contributed by atoms with van der Waals surface area (Å²) in [5, 5.41) is 4.95. The van der Waals surface area contributed by atoms with E-state index in [1.165, 1.54) is 23.5 Å². The maximum absolute atomic E-state index is 12.9. The van der Waals surface area contributed by atoms with E-state index in [-0.39, 0.29) is 16.0 Å². The lowest BCUT2D eigenvalue weighted by Gasteiger charge is -2.12. The summed E-state index contributed by atoms with van der Waals surface area (Å²) in [5.41, 5.74) is -0.708. The van der Waals surface area contributed by atoms with Crippen molar-refractivity contribution in [3.05, 3.63) is 45.5 Å². The zero-order chi connectivity index (χ0) is 15.9. The molecule has 3 rings (SSSR count). The van der Waals surface area contributed by atoms with E-state index in [1.54, 1.807) is 11.4 Å². The summed E-state index contributed by atoms with van der Waals surface area (Å²) in [5.74, 6) is 0.340. The average Bonchev–Trinajstić information content (AvgIpc) is 2.87. The Morgan fingerprint density at radius 3 is 2.59 bits per heavy atom. The van der Waals surface area contributed by atoms with Crippen LogP contribution in [0.25, 0.3) is 10.2 Å². The van der Waals surface area contributed by atoms with E-state index >= 15 is 0 Å². The topological polar surface area (TPSA) is 37.8 Å². The fourth-order valence-corrected chi connectivity index (χ4v) is 3.09. The Morgan fingerprint density at radius 2 is 1.86 bits per heavy atom. The lowest BCUT2D eigenvalue weighted by atomic mass is 10.2. The molecule has 0 aliphatic carbocycles. The van der Waals surface area contributed by atoms with Crippen molar-refractivity contribution in [2.45, 2.75) is 6.18 Å². The Hall–Kier alpha value is -1.57. The number of halogens is 5. The van der Waals surface area contributed by atoms with Crippen molar-refractivity contribution in [1.82, 2.24) is 9.97 Å². The minimum Gasteiger partial charge on any atom is -0.340 e. The highest BCUT2D eigenvalue weighted by molar-refractivity contribution is 7.16. The van der Waals surface area contributed by atoms with Gasteiger partial charge in [-0.3, -0.25) is 0 Å². The summed E-state index contributed by atoms with van der Waals surface area (Å²) < 4.78 is 38.6. The Kier molecular flexibility index (Phi) is 3.88. The van der Waals surface area contributed by atoms with Crippen molar-refractivity contribution < 1.29 is 13.2 Å². The molecule has 0 radical (unpaired) electrons. The van der Waals surface area contributed by atoms with Crippen molar-refractivity contribution in [3.63, 3.8) is 0 Å². The number of fused-ring (bicyclic) bond motifs is 1. The Bertz CT molecular complexity index is 848.